The molecular weight excluding hydrogens is 582 g/mol. The van der Waals surface area contributed by atoms with Gasteiger partial charge in [0.2, 0.25) is 0 Å². The van der Waals surface area contributed by atoms with Gasteiger partial charge in [-0.2, -0.15) is 0 Å². The highest BCUT2D eigenvalue weighted by Gasteiger charge is 2.44. The van der Waals surface area contributed by atoms with Gasteiger partial charge in [-0.15, -0.1) is 0 Å². The summed E-state index contributed by atoms with van der Waals surface area (Å²) in [5.74, 6) is 2.73. The Hall–Kier alpha value is -4.74. The van der Waals surface area contributed by atoms with E-state index >= 15 is 0 Å². The first kappa shape index (κ1) is 29.6. The molecule has 238 valence electrons. The average Bonchev–Trinajstić information content (AvgIpc) is 3.38. The summed E-state index contributed by atoms with van der Waals surface area (Å²) in [6.45, 7) is 6.61. The Morgan fingerprint density at radius 2 is 1.62 bits per heavy atom. The number of aliphatic hydroxyl groups excluding tert-OH is 1. The Labute approximate surface area is 277 Å². The number of fused-ring (bicyclic) bond motifs is 8. The van der Waals surface area contributed by atoms with Crippen LogP contribution >= 0.6 is 0 Å². The Balaban J connectivity index is 1.43. The SMILES string of the molecule is COc1ccc(C2(c3ccccc3)C=Cc3c4c(c5cc(N6CCCC(CO)C6)c(OC)cc5c3O2)-c2ccccc2C4(C)C)cc1. The fourth-order valence-corrected chi connectivity index (χ4v) is 8.31. The normalized spacial score (nSPS) is 20.7. The molecule has 0 amide bonds. The number of anilines is 1. The lowest BCUT2D eigenvalue weighted by Gasteiger charge is -2.39. The zero-order valence-corrected chi connectivity index (χ0v) is 27.5. The number of aliphatic hydroxyl groups is 1. The van der Waals surface area contributed by atoms with E-state index in [4.69, 9.17) is 14.2 Å². The van der Waals surface area contributed by atoms with Gasteiger partial charge >= 0.3 is 0 Å². The molecule has 2 heterocycles. The Kier molecular flexibility index (Phi) is 7.07. The van der Waals surface area contributed by atoms with Crippen molar-refractivity contribution in [2.24, 2.45) is 5.92 Å². The molecule has 1 N–H and O–H groups in total. The first-order valence-corrected chi connectivity index (χ1v) is 16.7. The minimum atomic E-state index is -0.857. The zero-order chi connectivity index (χ0) is 32.3. The van der Waals surface area contributed by atoms with E-state index < -0.39 is 5.60 Å². The molecule has 0 aromatic heterocycles. The number of nitrogens with zero attached hydrogens (tertiary/aromatic N) is 1. The minimum absolute atomic E-state index is 0.198. The van der Waals surface area contributed by atoms with Crippen LogP contribution in [0.25, 0.3) is 28.0 Å². The standard InChI is InChI=1S/C42H41NO4/c1-41(2)35-15-9-8-14-31(35)38-33-23-36(43-22-10-11-27(25-43)26-44)37(46-4)24-34(33)40-32(39(38)41)20-21-42(47-40,28-12-6-5-7-13-28)29-16-18-30(45-3)19-17-29/h5-9,12-21,23-24,27,44H,10-11,22,25-26H2,1-4H3. The predicted octanol–water partition coefficient (Wildman–Crippen LogP) is 8.72. The quantitative estimate of drug-likeness (QED) is 0.205. The second kappa shape index (κ2) is 11.2. The number of rotatable bonds is 6. The van der Waals surface area contributed by atoms with E-state index in [1.54, 1.807) is 14.2 Å². The second-order valence-corrected chi connectivity index (χ2v) is 13.6. The van der Waals surface area contributed by atoms with Crippen LogP contribution in [0.2, 0.25) is 0 Å². The van der Waals surface area contributed by atoms with Crippen molar-refractivity contribution in [2.75, 3.05) is 38.8 Å². The first-order chi connectivity index (χ1) is 22.9. The maximum absolute atomic E-state index is 10.1. The number of hydrogen-bond acceptors (Lipinski definition) is 5. The Morgan fingerprint density at radius 1 is 0.872 bits per heavy atom. The van der Waals surface area contributed by atoms with Gasteiger partial charge in [0.25, 0.3) is 0 Å². The van der Waals surface area contributed by atoms with Gasteiger partial charge in [-0.25, -0.2) is 0 Å². The summed E-state index contributed by atoms with van der Waals surface area (Å²) in [5, 5.41) is 12.2. The summed E-state index contributed by atoms with van der Waals surface area (Å²) in [6.07, 6.45) is 6.60. The van der Waals surface area contributed by atoms with E-state index in [-0.39, 0.29) is 17.9 Å². The van der Waals surface area contributed by atoms with E-state index in [0.29, 0.717) is 0 Å². The van der Waals surface area contributed by atoms with Crippen LogP contribution in [0.4, 0.5) is 5.69 Å². The third kappa shape index (κ3) is 4.47. The minimum Gasteiger partial charge on any atom is -0.497 e. The van der Waals surface area contributed by atoms with Crippen molar-refractivity contribution in [1.29, 1.82) is 0 Å². The molecule has 5 heteroatoms. The predicted molar refractivity (Wildman–Crippen MR) is 190 cm³/mol. The molecule has 2 unspecified atom stereocenters. The highest BCUT2D eigenvalue weighted by molar-refractivity contribution is 6.10. The summed E-state index contributed by atoms with van der Waals surface area (Å²) < 4.78 is 19.2. The average molecular weight is 624 g/mol. The molecule has 3 aliphatic rings. The maximum Gasteiger partial charge on any atom is 0.178 e. The van der Waals surface area contributed by atoms with Crippen molar-refractivity contribution in [3.63, 3.8) is 0 Å². The molecule has 1 fully saturated rings. The van der Waals surface area contributed by atoms with Crippen LogP contribution in [0.15, 0.2) is 97.1 Å². The maximum atomic E-state index is 10.1. The molecule has 1 aliphatic carbocycles. The lowest BCUT2D eigenvalue weighted by molar-refractivity contribution is 0.163. The zero-order valence-electron chi connectivity index (χ0n) is 27.5. The van der Waals surface area contributed by atoms with Crippen molar-refractivity contribution in [2.45, 2.75) is 37.7 Å². The van der Waals surface area contributed by atoms with E-state index in [1.165, 1.54) is 22.3 Å². The van der Waals surface area contributed by atoms with Gasteiger partial charge in [0.05, 0.1) is 19.9 Å². The number of benzene rings is 5. The van der Waals surface area contributed by atoms with E-state index in [9.17, 15) is 5.11 Å². The molecule has 8 rings (SSSR count). The molecule has 0 saturated carbocycles. The fraction of sp³-hybridized carbons (Fsp3) is 0.286. The van der Waals surface area contributed by atoms with E-state index in [0.717, 1.165) is 76.3 Å². The van der Waals surface area contributed by atoms with E-state index in [1.807, 2.05) is 18.2 Å². The summed E-state index contributed by atoms with van der Waals surface area (Å²) in [7, 11) is 3.44. The summed E-state index contributed by atoms with van der Waals surface area (Å²) in [6, 6.07) is 32.0. The molecule has 2 aliphatic heterocycles. The van der Waals surface area contributed by atoms with Crippen LogP contribution in [-0.4, -0.2) is 39.0 Å². The monoisotopic (exact) mass is 623 g/mol. The first-order valence-electron chi connectivity index (χ1n) is 16.7. The number of piperidine rings is 1. The molecular formula is C42H41NO4. The lowest BCUT2D eigenvalue weighted by Crippen LogP contribution is -2.37. The van der Waals surface area contributed by atoms with Crippen molar-refractivity contribution in [1.82, 2.24) is 0 Å². The fourth-order valence-electron chi connectivity index (χ4n) is 8.31. The van der Waals surface area contributed by atoms with Gasteiger partial charge in [-0.05, 0) is 76.7 Å². The van der Waals surface area contributed by atoms with Crippen LogP contribution in [0.1, 0.15) is 54.5 Å². The Morgan fingerprint density at radius 3 is 2.36 bits per heavy atom. The van der Waals surface area contributed by atoms with Crippen molar-refractivity contribution in [3.8, 4) is 28.4 Å². The van der Waals surface area contributed by atoms with Gasteiger partial charge in [-0.1, -0.05) is 86.7 Å². The van der Waals surface area contributed by atoms with Gasteiger partial charge in [0.1, 0.15) is 17.2 Å². The molecule has 2 atom stereocenters. The molecule has 5 aromatic rings. The largest absolute Gasteiger partial charge is 0.497 e. The highest BCUT2D eigenvalue weighted by atomic mass is 16.5. The Bertz CT molecular complexity index is 2010. The topological polar surface area (TPSA) is 51.2 Å². The molecule has 5 aromatic carbocycles. The molecule has 0 bridgehead atoms. The van der Waals surface area contributed by atoms with Crippen LogP contribution in [0.3, 0.4) is 0 Å². The molecule has 5 nitrogen and oxygen atoms in total. The number of hydrogen-bond donors (Lipinski definition) is 1. The van der Waals surface area contributed by atoms with Gasteiger partial charge in [0, 0.05) is 47.2 Å². The summed E-state index contributed by atoms with van der Waals surface area (Å²) in [5.41, 5.74) is 8.31. The van der Waals surface area contributed by atoms with Gasteiger partial charge < -0.3 is 24.2 Å². The molecule has 47 heavy (non-hydrogen) atoms. The third-order valence-electron chi connectivity index (χ3n) is 10.7. The molecule has 1 saturated heterocycles. The summed E-state index contributed by atoms with van der Waals surface area (Å²) >= 11 is 0. The van der Waals surface area contributed by atoms with Crippen LogP contribution in [0, 0.1) is 5.92 Å². The lowest BCUT2D eigenvalue weighted by atomic mass is 9.76. The van der Waals surface area contributed by atoms with Crippen molar-refractivity contribution in [3.05, 3.63) is 125 Å². The molecule has 0 radical (unpaired) electrons. The number of ether oxygens (including phenoxy) is 3. The third-order valence-corrected chi connectivity index (χ3v) is 10.7. The molecule has 0 spiro atoms. The second-order valence-electron chi connectivity index (χ2n) is 13.6. The van der Waals surface area contributed by atoms with Gasteiger partial charge in [-0.3, -0.25) is 0 Å². The van der Waals surface area contributed by atoms with Crippen molar-refractivity contribution < 1.29 is 19.3 Å². The smallest absolute Gasteiger partial charge is 0.178 e. The van der Waals surface area contributed by atoms with Crippen LogP contribution in [0.5, 0.6) is 17.2 Å². The van der Waals surface area contributed by atoms with Crippen LogP contribution < -0.4 is 19.1 Å². The van der Waals surface area contributed by atoms with Crippen LogP contribution in [-0.2, 0) is 11.0 Å². The summed E-state index contributed by atoms with van der Waals surface area (Å²) in [4.78, 5) is 2.40. The van der Waals surface area contributed by atoms with E-state index in [2.05, 4.69) is 104 Å². The highest BCUT2D eigenvalue weighted by Crippen LogP contribution is 2.59. The van der Waals surface area contributed by atoms with Crippen molar-refractivity contribution >= 4 is 22.5 Å². The number of methoxy groups -OCH3 is 2. The van der Waals surface area contributed by atoms with Gasteiger partial charge in [0.15, 0.2) is 5.60 Å².